The molecule has 0 saturated carbocycles. The van der Waals surface area contributed by atoms with E-state index >= 15 is 0 Å². The van der Waals surface area contributed by atoms with E-state index < -0.39 is 17.3 Å². The molecule has 0 spiro atoms. The minimum absolute atomic E-state index is 0.0778. The van der Waals surface area contributed by atoms with Crippen LogP contribution < -0.4 is 5.32 Å². The number of carbonyl (C=O) groups excluding carboxylic acids is 1. The van der Waals surface area contributed by atoms with Crippen molar-refractivity contribution < 1.29 is 14.7 Å². The molecule has 1 amide bonds. The number of carbonyl (C=O) groups is 2. The number of aliphatic carboxylic acids is 1. The molecule has 0 unspecified atom stereocenters. The van der Waals surface area contributed by atoms with Gasteiger partial charge in [0, 0.05) is 6.42 Å². The fraction of sp³-hybridized carbons (Fsp3) is 0.700. The van der Waals surface area contributed by atoms with Crippen molar-refractivity contribution in [2.45, 2.75) is 33.1 Å². The lowest BCUT2D eigenvalue weighted by atomic mass is 9.79. The summed E-state index contributed by atoms with van der Waals surface area (Å²) in [7, 11) is 1.57. The molecule has 0 aromatic carbocycles. The minimum Gasteiger partial charge on any atom is -0.481 e. The summed E-state index contributed by atoms with van der Waals surface area (Å²) in [4.78, 5) is 24.2. The fourth-order valence-electron chi connectivity index (χ4n) is 1.69. The lowest BCUT2D eigenvalue weighted by Crippen LogP contribution is -2.34. The summed E-state index contributed by atoms with van der Waals surface area (Å²) in [6.07, 6.45) is 0.674. The van der Waals surface area contributed by atoms with Gasteiger partial charge in [0.25, 0.3) is 5.95 Å². The van der Waals surface area contributed by atoms with Crippen LogP contribution in [0.5, 0.6) is 0 Å². The highest BCUT2D eigenvalue weighted by Gasteiger charge is 2.37. The van der Waals surface area contributed by atoms with Gasteiger partial charge in [0.2, 0.25) is 5.91 Å². The number of nitrogens with one attached hydrogen (secondary N) is 1. The van der Waals surface area contributed by atoms with E-state index in [1.54, 1.807) is 20.9 Å². The Hall–Kier alpha value is -1.99. The van der Waals surface area contributed by atoms with Crippen molar-refractivity contribution in [2.24, 2.45) is 12.5 Å². The SMILES string of the molecule is CCC(CC)(CC(=O)Nc1nnn(C)n1)C(=O)O. The van der Waals surface area contributed by atoms with Gasteiger partial charge in [-0.1, -0.05) is 18.9 Å². The van der Waals surface area contributed by atoms with Crippen LogP contribution in [0.4, 0.5) is 5.95 Å². The van der Waals surface area contributed by atoms with Gasteiger partial charge in [0.05, 0.1) is 12.5 Å². The molecule has 1 heterocycles. The van der Waals surface area contributed by atoms with E-state index in [9.17, 15) is 14.7 Å². The van der Waals surface area contributed by atoms with Gasteiger partial charge in [0.1, 0.15) is 0 Å². The molecular weight excluding hydrogens is 238 g/mol. The minimum atomic E-state index is -1.04. The maximum Gasteiger partial charge on any atom is 0.310 e. The average molecular weight is 255 g/mol. The molecule has 0 bridgehead atoms. The van der Waals surface area contributed by atoms with Crippen molar-refractivity contribution in [3.05, 3.63) is 0 Å². The number of carboxylic acid groups (broad SMARTS) is 1. The maximum atomic E-state index is 11.8. The average Bonchev–Trinajstić information content (AvgIpc) is 2.71. The van der Waals surface area contributed by atoms with Gasteiger partial charge in [-0.3, -0.25) is 14.9 Å². The van der Waals surface area contributed by atoms with Crippen LogP contribution in [0.1, 0.15) is 33.1 Å². The molecule has 2 N–H and O–H groups in total. The van der Waals surface area contributed by atoms with Crippen LogP contribution in [0.3, 0.4) is 0 Å². The van der Waals surface area contributed by atoms with E-state index in [1.165, 1.54) is 4.80 Å². The van der Waals surface area contributed by atoms with E-state index in [0.717, 1.165) is 0 Å². The molecule has 0 aliphatic rings. The van der Waals surface area contributed by atoms with Crippen molar-refractivity contribution >= 4 is 17.8 Å². The van der Waals surface area contributed by atoms with Gasteiger partial charge in [-0.15, -0.1) is 5.10 Å². The van der Waals surface area contributed by atoms with Crippen molar-refractivity contribution in [1.29, 1.82) is 0 Å². The van der Waals surface area contributed by atoms with Gasteiger partial charge in [-0.05, 0) is 18.1 Å². The Morgan fingerprint density at radius 2 is 2.00 bits per heavy atom. The molecule has 0 aliphatic carbocycles. The molecule has 18 heavy (non-hydrogen) atoms. The number of hydrogen-bond donors (Lipinski definition) is 2. The van der Waals surface area contributed by atoms with Gasteiger partial charge >= 0.3 is 5.97 Å². The first-order chi connectivity index (χ1) is 8.43. The van der Waals surface area contributed by atoms with Gasteiger partial charge in [-0.2, -0.15) is 4.80 Å². The van der Waals surface area contributed by atoms with Crippen LogP contribution in [0.2, 0.25) is 0 Å². The first-order valence-corrected chi connectivity index (χ1v) is 5.70. The molecule has 0 radical (unpaired) electrons. The van der Waals surface area contributed by atoms with E-state index in [2.05, 4.69) is 20.7 Å². The van der Waals surface area contributed by atoms with Gasteiger partial charge in [0.15, 0.2) is 0 Å². The summed E-state index contributed by atoms with van der Waals surface area (Å²) >= 11 is 0. The third kappa shape index (κ3) is 3.02. The Morgan fingerprint density at radius 3 is 2.39 bits per heavy atom. The number of aryl methyl sites for hydroxylation is 1. The molecule has 8 heteroatoms. The largest absolute Gasteiger partial charge is 0.481 e. The molecule has 0 saturated heterocycles. The highest BCUT2D eigenvalue weighted by atomic mass is 16.4. The monoisotopic (exact) mass is 255 g/mol. The Labute approximate surface area is 104 Å². The molecular formula is C10H17N5O3. The summed E-state index contributed by atoms with van der Waals surface area (Å²) < 4.78 is 0. The standard InChI is InChI=1S/C10H17N5O3/c1-4-10(5-2,8(17)18)6-7(16)11-9-12-14-15(3)13-9/h4-6H2,1-3H3,(H,17,18)(H,11,13,16). The number of anilines is 1. The zero-order valence-electron chi connectivity index (χ0n) is 10.7. The molecule has 0 fully saturated rings. The van der Waals surface area contributed by atoms with Crippen LogP contribution in [0, 0.1) is 5.41 Å². The van der Waals surface area contributed by atoms with E-state index in [4.69, 9.17) is 0 Å². The quantitative estimate of drug-likeness (QED) is 0.762. The van der Waals surface area contributed by atoms with Crippen molar-refractivity contribution in [1.82, 2.24) is 20.2 Å². The smallest absolute Gasteiger partial charge is 0.310 e. The predicted molar refractivity (Wildman–Crippen MR) is 62.7 cm³/mol. The molecule has 0 aliphatic heterocycles. The molecule has 8 nitrogen and oxygen atoms in total. The van der Waals surface area contributed by atoms with E-state index in [0.29, 0.717) is 12.8 Å². The van der Waals surface area contributed by atoms with E-state index in [-0.39, 0.29) is 12.4 Å². The first kappa shape index (κ1) is 14.1. The zero-order valence-corrected chi connectivity index (χ0v) is 10.7. The molecule has 1 aromatic heterocycles. The highest BCUT2D eigenvalue weighted by Crippen LogP contribution is 2.31. The second kappa shape index (κ2) is 5.56. The number of rotatable bonds is 6. The van der Waals surface area contributed by atoms with Crippen LogP contribution in [-0.2, 0) is 16.6 Å². The lowest BCUT2D eigenvalue weighted by Gasteiger charge is -2.25. The number of hydrogen-bond acceptors (Lipinski definition) is 5. The third-order valence-corrected chi connectivity index (χ3v) is 3.07. The second-order valence-corrected chi connectivity index (χ2v) is 4.12. The Bertz CT molecular complexity index is 438. The molecule has 1 rings (SSSR count). The Morgan fingerprint density at radius 1 is 1.39 bits per heavy atom. The van der Waals surface area contributed by atoms with E-state index in [1.807, 2.05) is 0 Å². The van der Waals surface area contributed by atoms with Crippen molar-refractivity contribution in [3.63, 3.8) is 0 Å². The Kier molecular flexibility index (Phi) is 4.35. The number of aromatic nitrogens is 4. The summed E-state index contributed by atoms with van der Waals surface area (Å²) in [5, 5.41) is 22.6. The van der Waals surface area contributed by atoms with Crippen LogP contribution in [0.15, 0.2) is 0 Å². The van der Waals surface area contributed by atoms with Crippen LogP contribution in [0.25, 0.3) is 0 Å². The summed E-state index contributed by atoms with van der Waals surface area (Å²) in [6, 6.07) is 0. The molecule has 1 aromatic rings. The predicted octanol–water partition coefficient (Wildman–Crippen LogP) is 0.430. The zero-order chi connectivity index (χ0) is 13.8. The first-order valence-electron chi connectivity index (χ1n) is 5.70. The van der Waals surface area contributed by atoms with Gasteiger partial charge < -0.3 is 5.11 Å². The van der Waals surface area contributed by atoms with Crippen molar-refractivity contribution in [3.8, 4) is 0 Å². The fourth-order valence-corrected chi connectivity index (χ4v) is 1.69. The normalized spacial score (nSPS) is 11.3. The Balaban J connectivity index is 2.70. The van der Waals surface area contributed by atoms with Gasteiger partial charge in [-0.25, -0.2) is 0 Å². The van der Waals surface area contributed by atoms with Crippen LogP contribution >= 0.6 is 0 Å². The maximum absolute atomic E-state index is 11.8. The highest BCUT2D eigenvalue weighted by molar-refractivity contribution is 5.92. The second-order valence-electron chi connectivity index (χ2n) is 4.12. The number of carboxylic acids is 1. The van der Waals surface area contributed by atoms with Crippen molar-refractivity contribution in [2.75, 3.05) is 5.32 Å². The summed E-state index contributed by atoms with van der Waals surface area (Å²) in [6.45, 7) is 3.51. The lowest BCUT2D eigenvalue weighted by molar-refractivity contribution is -0.151. The summed E-state index contributed by atoms with van der Waals surface area (Å²) in [5.41, 5.74) is -1.04. The number of nitrogens with zero attached hydrogens (tertiary/aromatic N) is 4. The molecule has 100 valence electrons. The number of amides is 1. The van der Waals surface area contributed by atoms with Crippen LogP contribution in [-0.4, -0.2) is 37.2 Å². The number of tetrazole rings is 1. The molecule has 0 atom stereocenters. The topological polar surface area (TPSA) is 110 Å². The third-order valence-electron chi connectivity index (χ3n) is 3.07. The summed E-state index contributed by atoms with van der Waals surface area (Å²) in [5.74, 6) is -1.31.